The van der Waals surface area contributed by atoms with E-state index in [4.69, 9.17) is 9.47 Å². The van der Waals surface area contributed by atoms with E-state index in [1.54, 1.807) is 43.8 Å². The number of amides is 1. The van der Waals surface area contributed by atoms with E-state index in [-0.39, 0.29) is 5.91 Å². The van der Waals surface area contributed by atoms with Gasteiger partial charge in [0, 0.05) is 16.3 Å². The molecule has 0 saturated heterocycles. The van der Waals surface area contributed by atoms with Gasteiger partial charge >= 0.3 is 0 Å². The number of anilines is 1. The average molecular weight is 317 g/mol. The summed E-state index contributed by atoms with van der Waals surface area (Å²) >= 11 is 1.69. The van der Waals surface area contributed by atoms with E-state index < -0.39 is 0 Å². The Hall–Kier alpha value is -2.01. The summed E-state index contributed by atoms with van der Waals surface area (Å²) in [5.41, 5.74) is 2.64. The molecule has 1 heterocycles. The topological polar surface area (TPSA) is 47.6 Å². The average Bonchev–Trinajstić information content (AvgIpc) is 2.99. The third kappa shape index (κ3) is 2.81. The number of benzene rings is 1. The minimum atomic E-state index is -0.0778. The Labute approximate surface area is 134 Å². The van der Waals surface area contributed by atoms with Crippen LogP contribution in [0.15, 0.2) is 23.6 Å². The van der Waals surface area contributed by atoms with E-state index in [2.05, 4.69) is 5.32 Å². The van der Waals surface area contributed by atoms with Gasteiger partial charge in [0.15, 0.2) is 0 Å². The lowest BCUT2D eigenvalue weighted by atomic mass is 9.95. The van der Waals surface area contributed by atoms with Crippen molar-refractivity contribution in [3.63, 3.8) is 0 Å². The van der Waals surface area contributed by atoms with Crippen LogP contribution in [0.5, 0.6) is 11.5 Å². The Morgan fingerprint density at radius 3 is 2.77 bits per heavy atom. The van der Waals surface area contributed by atoms with Crippen LogP contribution in [-0.2, 0) is 12.8 Å². The number of carbonyl (C=O) groups is 1. The molecule has 0 radical (unpaired) electrons. The summed E-state index contributed by atoms with van der Waals surface area (Å²) < 4.78 is 10.5. The maximum absolute atomic E-state index is 12.6. The maximum Gasteiger partial charge on any atom is 0.256 e. The van der Waals surface area contributed by atoms with Crippen LogP contribution >= 0.6 is 11.3 Å². The molecule has 0 saturated carbocycles. The first-order chi connectivity index (χ1) is 10.7. The predicted molar refractivity (Wildman–Crippen MR) is 88.5 cm³/mol. The zero-order valence-electron chi connectivity index (χ0n) is 12.8. The van der Waals surface area contributed by atoms with Gasteiger partial charge in [-0.05, 0) is 43.4 Å². The van der Waals surface area contributed by atoms with Gasteiger partial charge in [0.1, 0.15) is 11.5 Å². The van der Waals surface area contributed by atoms with Gasteiger partial charge in [-0.25, -0.2) is 0 Å². The zero-order valence-corrected chi connectivity index (χ0v) is 13.6. The lowest BCUT2D eigenvalue weighted by Crippen LogP contribution is -2.15. The van der Waals surface area contributed by atoms with Gasteiger partial charge < -0.3 is 14.8 Å². The highest BCUT2D eigenvalue weighted by Gasteiger charge is 2.21. The minimum absolute atomic E-state index is 0.0778. The molecule has 1 aliphatic rings. The van der Waals surface area contributed by atoms with Crippen molar-refractivity contribution in [1.82, 2.24) is 0 Å². The summed E-state index contributed by atoms with van der Waals surface area (Å²) in [6, 6.07) is 5.37. The van der Waals surface area contributed by atoms with Crippen molar-refractivity contribution in [2.45, 2.75) is 25.7 Å². The van der Waals surface area contributed by atoms with Crippen LogP contribution in [0.1, 0.15) is 33.6 Å². The highest BCUT2D eigenvalue weighted by Crippen LogP contribution is 2.33. The Morgan fingerprint density at radius 2 is 2.00 bits per heavy atom. The zero-order chi connectivity index (χ0) is 15.5. The van der Waals surface area contributed by atoms with Crippen molar-refractivity contribution in [2.24, 2.45) is 0 Å². The number of aryl methyl sites for hydroxylation is 1. The van der Waals surface area contributed by atoms with Crippen molar-refractivity contribution in [3.8, 4) is 11.5 Å². The Balaban J connectivity index is 1.87. The van der Waals surface area contributed by atoms with Crippen LogP contribution in [0.2, 0.25) is 0 Å². The molecule has 5 heteroatoms. The highest BCUT2D eigenvalue weighted by atomic mass is 32.1. The van der Waals surface area contributed by atoms with Gasteiger partial charge in [-0.2, -0.15) is 0 Å². The highest BCUT2D eigenvalue weighted by molar-refractivity contribution is 7.10. The number of methoxy groups -OCH3 is 2. The van der Waals surface area contributed by atoms with Crippen molar-refractivity contribution >= 4 is 22.9 Å². The lowest BCUT2D eigenvalue weighted by Gasteiger charge is -2.14. The molecule has 1 amide bonds. The summed E-state index contributed by atoms with van der Waals surface area (Å²) in [4.78, 5) is 14.0. The van der Waals surface area contributed by atoms with Crippen molar-refractivity contribution in [1.29, 1.82) is 0 Å². The van der Waals surface area contributed by atoms with Crippen LogP contribution in [0, 0.1) is 0 Å². The molecule has 0 spiro atoms. The third-order valence-electron chi connectivity index (χ3n) is 3.96. The summed E-state index contributed by atoms with van der Waals surface area (Å²) in [7, 11) is 3.19. The Kier molecular flexibility index (Phi) is 4.34. The standard InChI is InChI=1S/C17H19NO3S/c1-20-11-7-8-15(21-2)14(9-11)18-17(19)13-10-22-16-6-4-3-5-12(13)16/h7-10H,3-6H2,1-2H3,(H,18,19). The second kappa shape index (κ2) is 6.40. The van der Waals surface area contributed by atoms with E-state index in [1.165, 1.54) is 16.9 Å². The van der Waals surface area contributed by atoms with E-state index in [1.807, 2.05) is 5.38 Å². The molecule has 1 aromatic carbocycles. The summed E-state index contributed by atoms with van der Waals surface area (Å²) in [6.45, 7) is 0. The molecule has 0 fully saturated rings. The third-order valence-corrected chi connectivity index (χ3v) is 5.05. The molecule has 1 N–H and O–H groups in total. The number of nitrogens with one attached hydrogen (secondary N) is 1. The monoisotopic (exact) mass is 317 g/mol. The maximum atomic E-state index is 12.6. The van der Waals surface area contributed by atoms with E-state index in [0.29, 0.717) is 17.2 Å². The number of thiophene rings is 1. The first-order valence-corrected chi connectivity index (χ1v) is 8.23. The quantitative estimate of drug-likeness (QED) is 0.930. The van der Waals surface area contributed by atoms with E-state index >= 15 is 0 Å². The number of carbonyl (C=O) groups excluding carboxylic acids is 1. The van der Waals surface area contributed by atoms with Crippen LogP contribution in [0.4, 0.5) is 5.69 Å². The van der Waals surface area contributed by atoms with Gasteiger partial charge in [0.25, 0.3) is 5.91 Å². The van der Waals surface area contributed by atoms with E-state index in [0.717, 1.165) is 24.8 Å². The number of fused-ring (bicyclic) bond motifs is 1. The molecule has 1 aromatic heterocycles. The number of hydrogen-bond acceptors (Lipinski definition) is 4. The number of ether oxygens (including phenoxy) is 2. The normalized spacial score (nSPS) is 13.4. The van der Waals surface area contributed by atoms with Crippen molar-refractivity contribution < 1.29 is 14.3 Å². The predicted octanol–water partition coefficient (Wildman–Crippen LogP) is 3.90. The molecule has 0 atom stereocenters. The Bertz CT molecular complexity index is 693. The summed E-state index contributed by atoms with van der Waals surface area (Å²) in [5, 5.41) is 4.92. The first kappa shape index (κ1) is 14.9. The van der Waals surface area contributed by atoms with Gasteiger partial charge in [0.05, 0.1) is 25.5 Å². The minimum Gasteiger partial charge on any atom is -0.497 e. The van der Waals surface area contributed by atoms with Crippen LogP contribution in [0.3, 0.4) is 0 Å². The molecular formula is C17H19NO3S. The molecule has 2 aromatic rings. The van der Waals surface area contributed by atoms with Crippen LogP contribution < -0.4 is 14.8 Å². The molecule has 0 bridgehead atoms. The fraction of sp³-hybridized carbons (Fsp3) is 0.353. The summed E-state index contributed by atoms with van der Waals surface area (Å²) in [6.07, 6.45) is 4.47. The molecule has 22 heavy (non-hydrogen) atoms. The molecule has 3 rings (SSSR count). The molecule has 116 valence electrons. The van der Waals surface area contributed by atoms with Gasteiger partial charge in [-0.15, -0.1) is 11.3 Å². The van der Waals surface area contributed by atoms with Crippen LogP contribution in [0.25, 0.3) is 0 Å². The second-order valence-corrected chi connectivity index (χ2v) is 6.24. The number of hydrogen-bond donors (Lipinski definition) is 1. The number of rotatable bonds is 4. The molecular weight excluding hydrogens is 298 g/mol. The van der Waals surface area contributed by atoms with Gasteiger partial charge in [0.2, 0.25) is 0 Å². The van der Waals surface area contributed by atoms with Crippen molar-refractivity contribution in [2.75, 3.05) is 19.5 Å². The fourth-order valence-electron chi connectivity index (χ4n) is 2.79. The second-order valence-electron chi connectivity index (χ2n) is 5.28. The molecule has 1 aliphatic carbocycles. The first-order valence-electron chi connectivity index (χ1n) is 7.35. The molecule has 0 aliphatic heterocycles. The fourth-order valence-corrected chi connectivity index (χ4v) is 3.91. The Morgan fingerprint density at radius 1 is 1.18 bits per heavy atom. The smallest absolute Gasteiger partial charge is 0.256 e. The van der Waals surface area contributed by atoms with E-state index in [9.17, 15) is 4.79 Å². The van der Waals surface area contributed by atoms with Crippen LogP contribution in [-0.4, -0.2) is 20.1 Å². The molecule has 0 unspecified atom stereocenters. The molecule has 4 nitrogen and oxygen atoms in total. The van der Waals surface area contributed by atoms with Gasteiger partial charge in [-0.3, -0.25) is 4.79 Å². The van der Waals surface area contributed by atoms with Gasteiger partial charge in [-0.1, -0.05) is 0 Å². The largest absolute Gasteiger partial charge is 0.497 e. The van der Waals surface area contributed by atoms with Crippen molar-refractivity contribution in [3.05, 3.63) is 39.6 Å². The lowest BCUT2D eigenvalue weighted by molar-refractivity contribution is 0.102. The summed E-state index contributed by atoms with van der Waals surface area (Å²) in [5.74, 6) is 1.23. The SMILES string of the molecule is COc1ccc(OC)c(NC(=O)c2csc3c2CCCC3)c1.